The Morgan fingerprint density at radius 1 is 0.319 bits per heavy atom. The highest BCUT2D eigenvalue weighted by atomic mass is 14.4. The van der Waals surface area contributed by atoms with Gasteiger partial charge in [-0.25, -0.2) is 0 Å². The minimum Gasteiger partial charge on any atom is -0.0616 e. The second kappa shape index (κ2) is 9.64. The van der Waals surface area contributed by atoms with E-state index in [9.17, 15) is 0 Å². The molecular formula is C47H32. The molecule has 0 nitrogen and oxygen atoms in total. The van der Waals surface area contributed by atoms with Crippen LogP contribution in [0.3, 0.4) is 0 Å². The van der Waals surface area contributed by atoms with Gasteiger partial charge < -0.3 is 0 Å². The van der Waals surface area contributed by atoms with Crippen molar-refractivity contribution in [2.45, 2.75) is 19.3 Å². The van der Waals surface area contributed by atoms with E-state index in [0.717, 1.165) is 0 Å². The first kappa shape index (κ1) is 26.5. The first-order valence-corrected chi connectivity index (χ1v) is 16.6. The van der Waals surface area contributed by atoms with Gasteiger partial charge in [0.05, 0.1) is 0 Å². The van der Waals surface area contributed by atoms with E-state index in [1.165, 1.54) is 98.4 Å². The van der Waals surface area contributed by atoms with Crippen LogP contribution in [-0.4, -0.2) is 0 Å². The molecule has 0 saturated heterocycles. The number of hydrogen-bond acceptors (Lipinski definition) is 0. The van der Waals surface area contributed by atoms with Crippen LogP contribution in [0.1, 0.15) is 25.0 Å². The predicted octanol–water partition coefficient (Wildman–Crippen LogP) is 13.1. The molecule has 1 aliphatic carbocycles. The van der Waals surface area contributed by atoms with Gasteiger partial charge in [0, 0.05) is 5.41 Å². The van der Waals surface area contributed by atoms with E-state index in [0.29, 0.717) is 0 Å². The quantitative estimate of drug-likeness (QED) is 0.138. The first-order valence-electron chi connectivity index (χ1n) is 16.6. The zero-order chi connectivity index (χ0) is 31.3. The van der Waals surface area contributed by atoms with E-state index >= 15 is 0 Å². The van der Waals surface area contributed by atoms with E-state index in [-0.39, 0.29) is 5.41 Å². The van der Waals surface area contributed by atoms with Crippen molar-refractivity contribution in [1.82, 2.24) is 0 Å². The highest BCUT2D eigenvalue weighted by Gasteiger charge is 2.36. The standard InChI is InChI=1S/C47H32/c1-47(2)42-26-24-29-13-3-6-16-33(29)46(42)40-25-23-31(28-43(40)47)44-36-19-9-11-21-38(36)45(39-22-12-10-20-37(39)44)41-27-30-14-4-5-15-32(30)34-17-7-8-18-35(34)41/h3-28H,1-2H3. The fourth-order valence-electron chi connectivity index (χ4n) is 8.65. The number of hydrogen-bond donors (Lipinski definition) is 0. The Hall–Kier alpha value is -5.72. The van der Waals surface area contributed by atoms with Gasteiger partial charge in [-0.05, 0) is 111 Å². The molecule has 0 heterocycles. The average molecular weight is 597 g/mol. The molecule has 1 aliphatic rings. The summed E-state index contributed by atoms with van der Waals surface area (Å²) in [6.07, 6.45) is 0. The largest absolute Gasteiger partial charge is 0.0616 e. The van der Waals surface area contributed by atoms with Crippen molar-refractivity contribution in [3.8, 4) is 33.4 Å². The molecule has 220 valence electrons. The van der Waals surface area contributed by atoms with Crippen LogP contribution in [-0.2, 0) is 5.41 Å². The maximum atomic E-state index is 2.49. The predicted molar refractivity (Wildman–Crippen MR) is 202 cm³/mol. The van der Waals surface area contributed by atoms with Crippen molar-refractivity contribution in [2.24, 2.45) is 0 Å². The first-order chi connectivity index (χ1) is 23.1. The van der Waals surface area contributed by atoms with Crippen molar-refractivity contribution in [2.75, 3.05) is 0 Å². The van der Waals surface area contributed by atoms with Gasteiger partial charge in [0.2, 0.25) is 0 Å². The summed E-state index contributed by atoms with van der Waals surface area (Å²) < 4.78 is 0. The van der Waals surface area contributed by atoms with Crippen LogP contribution >= 0.6 is 0 Å². The zero-order valence-electron chi connectivity index (χ0n) is 26.5. The van der Waals surface area contributed by atoms with Crippen molar-refractivity contribution in [3.63, 3.8) is 0 Å². The number of fused-ring (bicyclic) bond motifs is 10. The van der Waals surface area contributed by atoms with Gasteiger partial charge in [-0.2, -0.15) is 0 Å². The van der Waals surface area contributed by atoms with Crippen molar-refractivity contribution < 1.29 is 0 Å². The van der Waals surface area contributed by atoms with E-state index < -0.39 is 0 Å². The Kier molecular flexibility index (Phi) is 5.44. The van der Waals surface area contributed by atoms with E-state index in [2.05, 4.69) is 172 Å². The molecule has 0 unspecified atom stereocenters. The van der Waals surface area contributed by atoms with Crippen molar-refractivity contribution in [3.05, 3.63) is 169 Å². The molecule has 0 heteroatoms. The van der Waals surface area contributed by atoms with Gasteiger partial charge in [0.1, 0.15) is 0 Å². The van der Waals surface area contributed by atoms with Crippen LogP contribution in [0.2, 0.25) is 0 Å². The fraction of sp³-hybridized carbons (Fsp3) is 0.0638. The summed E-state index contributed by atoms with van der Waals surface area (Å²) in [4.78, 5) is 0. The smallest absolute Gasteiger partial charge is 0.0159 e. The van der Waals surface area contributed by atoms with Gasteiger partial charge in [-0.3, -0.25) is 0 Å². The molecular weight excluding hydrogens is 565 g/mol. The van der Waals surface area contributed by atoms with Crippen LogP contribution in [0.15, 0.2) is 158 Å². The van der Waals surface area contributed by atoms with Gasteiger partial charge >= 0.3 is 0 Å². The van der Waals surface area contributed by atoms with Crippen LogP contribution in [0.4, 0.5) is 0 Å². The van der Waals surface area contributed by atoms with Crippen LogP contribution in [0.5, 0.6) is 0 Å². The third kappa shape index (κ3) is 3.64. The third-order valence-electron chi connectivity index (χ3n) is 10.8. The van der Waals surface area contributed by atoms with Gasteiger partial charge in [0.15, 0.2) is 0 Å². The number of rotatable bonds is 2. The fourth-order valence-corrected chi connectivity index (χ4v) is 8.65. The Balaban J connectivity index is 1.29. The highest BCUT2D eigenvalue weighted by Crippen LogP contribution is 2.53. The zero-order valence-corrected chi connectivity index (χ0v) is 26.5. The summed E-state index contributed by atoms with van der Waals surface area (Å²) in [5.41, 5.74) is 10.6. The monoisotopic (exact) mass is 596 g/mol. The minimum absolute atomic E-state index is 0.0970. The summed E-state index contributed by atoms with van der Waals surface area (Å²) in [6, 6.07) is 58.9. The Labute approximate surface area is 274 Å². The molecule has 0 spiro atoms. The normalized spacial score (nSPS) is 13.5. The van der Waals surface area contributed by atoms with Crippen molar-refractivity contribution >= 4 is 53.9 Å². The topological polar surface area (TPSA) is 0 Å². The molecule has 0 bridgehead atoms. The molecule has 0 aliphatic heterocycles. The van der Waals surface area contributed by atoms with Crippen LogP contribution in [0.25, 0.3) is 87.2 Å². The molecule has 0 atom stereocenters. The van der Waals surface area contributed by atoms with E-state index in [1.807, 2.05) is 0 Å². The summed E-state index contributed by atoms with van der Waals surface area (Å²) >= 11 is 0. The van der Waals surface area contributed by atoms with Crippen molar-refractivity contribution in [1.29, 1.82) is 0 Å². The Bertz CT molecular complexity index is 2700. The molecule has 0 amide bonds. The summed E-state index contributed by atoms with van der Waals surface area (Å²) in [6.45, 7) is 4.78. The van der Waals surface area contributed by atoms with E-state index in [1.54, 1.807) is 0 Å². The lowest BCUT2D eigenvalue weighted by atomic mass is 9.80. The molecule has 47 heavy (non-hydrogen) atoms. The van der Waals surface area contributed by atoms with Gasteiger partial charge in [0.25, 0.3) is 0 Å². The molecule has 10 rings (SSSR count). The lowest BCUT2D eigenvalue weighted by Crippen LogP contribution is -2.15. The lowest BCUT2D eigenvalue weighted by Gasteiger charge is -2.23. The molecule has 0 radical (unpaired) electrons. The number of benzene rings is 9. The third-order valence-corrected chi connectivity index (χ3v) is 10.8. The van der Waals surface area contributed by atoms with Gasteiger partial charge in [-0.15, -0.1) is 0 Å². The summed E-state index contributed by atoms with van der Waals surface area (Å²) in [5, 5.41) is 12.9. The average Bonchev–Trinajstić information content (AvgIpc) is 3.36. The summed E-state index contributed by atoms with van der Waals surface area (Å²) in [5.74, 6) is 0. The van der Waals surface area contributed by atoms with Crippen LogP contribution < -0.4 is 0 Å². The highest BCUT2D eigenvalue weighted by molar-refractivity contribution is 6.25. The minimum atomic E-state index is -0.0970. The molecule has 0 N–H and O–H groups in total. The summed E-state index contributed by atoms with van der Waals surface area (Å²) in [7, 11) is 0. The molecule has 0 aromatic heterocycles. The maximum absolute atomic E-state index is 2.49. The van der Waals surface area contributed by atoms with Crippen LogP contribution in [0, 0.1) is 0 Å². The SMILES string of the molecule is CC1(C)c2cc(-c3c4ccccc4c(-c4cc5ccccc5c5ccccc45)c4ccccc34)ccc2-c2c1ccc1ccccc21. The molecule has 0 saturated carbocycles. The molecule has 0 fully saturated rings. The molecule has 9 aromatic rings. The second-order valence-electron chi connectivity index (χ2n) is 13.6. The maximum Gasteiger partial charge on any atom is 0.0159 e. The lowest BCUT2D eigenvalue weighted by molar-refractivity contribution is 0.661. The molecule has 9 aromatic carbocycles. The Morgan fingerprint density at radius 2 is 0.851 bits per heavy atom. The Morgan fingerprint density at radius 3 is 1.53 bits per heavy atom. The van der Waals surface area contributed by atoms with E-state index in [4.69, 9.17) is 0 Å². The van der Waals surface area contributed by atoms with Gasteiger partial charge in [-0.1, -0.05) is 159 Å². The second-order valence-corrected chi connectivity index (χ2v) is 13.6.